The fourth-order valence-corrected chi connectivity index (χ4v) is 6.03. The van der Waals surface area contributed by atoms with Crippen molar-refractivity contribution in [2.75, 3.05) is 16.5 Å². The van der Waals surface area contributed by atoms with Crippen molar-refractivity contribution in [2.24, 2.45) is 17.8 Å². The van der Waals surface area contributed by atoms with Gasteiger partial charge in [-0.25, -0.2) is 9.97 Å². The standard InChI is InChI=1S/C21H25ClN6O/c22-16-3-1-15(2-4-16)20(29)28-27-19-17(23)18(24-11-25-19)26-21-8-12-5-13(9-21)7-14(6-12)10-21/h1-4,11-14H,5-10,23H2,(H,28,29)(H2,24,25,26,27). The van der Waals surface area contributed by atoms with Crippen LogP contribution in [0.5, 0.6) is 0 Å². The van der Waals surface area contributed by atoms with E-state index in [0.717, 1.165) is 17.8 Å². The SMILES string of the molecule is Nc1c(NNC(=O)c2ccc(Cl)cc2)ncnc1NC12CC3CC(CC(C3)C1)C2. The summed E-state index contributed by atoms with van der Waals surface area (Å²) in [5.41, 5.74) is 12.8. The number of carbonyl (C=O) groups is 1. The zero-order valence-corrected chi connectivity index (χ0v) is 16.9. The smallest absolute Gasteiger partial charge is 0.269 e. The molecule has 4 saturated carbocycles. The molecule has 2 aromatic rings. The Hall–Kier alpha value is -2.54. The lowest BCUT2D eigenvalue weighted by molar-refractivity contribution is 0.0106. The Balaban J connectivity index is 1.29. The zero-order valence-electron chi connectivity index (χ0n) is 16.1. The molecule has 1 heterocycles. The quantitative estimate of drug-likeness (QED) is 0.556. The molecule has 1 aromatic heterocycles. The Bertz CT molecular complexity index is 896. The minimum Gasteiger partial charge on any atom is -0.393 e. The second-order valence-corrected chi connectivity index (χ2v) is 9.33. The van der Waals surface area contributed by atoms with E-state index in [0.29, 0.717) is 27.9 Å². The summed E-state index contributed by atoms with van der Waals surface area (Å²) in [4.78, 5) is 20.9. The van der Waals surface area contributed by atoms with Crippen molar-refractivity contribution in [3.05, 3.63) is 41.2 Å². The molecule has 152 valence electrons. The van der Waals surface area contributed by atoms with Crippen molar-refractivity contribution >= 4 is 34.8 Å². The summed E-state index contributed by atoms with van der Waals surface area (Å²) in [5.74, 6) is 3.21. The number of halogens is 1. The highest BCUT2D eigenvalue weighted by Crippen LogP contribution is 2.56. The highest BCUT2D eigenvalue weighted by molar-refractivity contribution is 6.30. The second-order valence-electron chi connectivity index (χ2n) is 8.89. The largest absolute Gasteiger partial charge is 0.393 e. The molecule has 0 atom stereocenters. The van der Waals surface area contributed by atoms with E-state index in [4.69, 9.17) is 17.3 Å². The first-order chi connectivity index (χ1) is 14.0. The van der Waals surface area contributed by atoms with Gasteiger partial charge in [0.15, 0.2) is 11.6 Å². The molecule has 0 spiro atoms. The number of nitrogens with zero attached hydrogens (tertiary/aromatic N) is 2. The summed E-state index contributed by atoms with van der Waals surface area (Å²) in [6, 6.07) is 6.65. The Morgan fingerprint density at radius 3 is 2.21 bits per heavy atom. The summed E-state index contributed by atoms with van der Waals surface area (Å²) >= 11 is 5.87. The van der Waals surface area contributed by atoms with Gasteiger partial charge in [-0.2, -0.15) is 0 Å². The highest BCUT2D eigenvalue weighted by Gasteiger charge is 2.51. The lowest BCUT2D eigenvalue weighted by Crippen LogP contribution is -2.55. The molecule has 4 fully saturated rings. The van der Waals surface area contributed by atoms with Gasteiger partial charge in [-0.15, -0.1) is 0 Å². The van der Waals surface area contributed by atoms with E-state index in [1.807, 2.05) is 0 Å². The summed E-state index contributed by atoms with van der Waals surface area (Å²) in [7, 11) is 0. The zero-order chi connectivity index (χ0) is 20.0. The van der Waals surface area contributed by atoms with Crippen LogP contribution in [0.25, 0.3) is 0 Å². The number of rotatable bonds is 5. The molecule has 1 aromatic carbocycles. The van der Waals surface area contributed by atoms with Crippen LogP contribution in [0.4, 0.5) is 17.3 Å². The molecule has 0 aliphatic heterocycles. The molecule has 0 radical (unpaired) electrons. The first-order valence-electron chi connectivity index (χ1n) is 10.2. The van der Waals surface area contributed by atoms with Crippen LogP contribution < -0.4 is 21.9 Å². The van der Waals surface area contributed by atoms with Crippen LogP contribution in [0.15, 0.2) is 30.6 Å². The number of aromatic nitrogens is 2. The molecule has 7 nitrogen and oxygen atoms in total. The summed E-state index contributed by atoms with van der Waals surface area (Å²) in [5, 5.41) is 4.26. The number of amides is 1. The molecule has 29 heavy (non-hydrogen) atoms. The maximum absolute atomic E-state index is 12.3. The van der Waals surface area contributed by atoms with Crippen LogP contribution in [0.2, 0.25) is 5.02 Å². The Kier molecular flexibility index (Phi) is 4.50. The molecule has 4 bridgehead atoms. The Morgan fingerprint density at radius 2 is 1.59 bits per heavy atom. The molecule has 6 rings (SSSR count). The second kappa shape index (κ2) is 7.06. The van der Waals surface area contributed by atoms with Gasteiger partial charge in [-0.05, 0) is 80.5 Å². The topological polar surface area (TPSA) is 105 Å². The number of hydrogen-bond acceptors (Lipinski definition) is 6. The van der Waals surface area contributed by atoms with Gasteiger partial charge in [0.1, 0.15) is 12.0 Å². The average Bonchev–Trinajstić information content (AvgIpc) is 2.68. The molecule has 0 unspecified atom stereocenters. The van der Waals surface area contributed by atoms with Crippen LogP contribution in [-0.4, -0.2) is 21.4 Å². The first-order valence-corrected chi connectivity index (χ1v) is 10.6. The molecule has 4 aliphatic carbocycles. The lowest BCUT2D eigenvalue weighted by atomic mass is 9.53. The summed E-state index contributed by atoms with van der Waals surface area (Å²) < 4.78 is 0. The number of benzene rings is 1. The van der Waals surface area contributed by atoms with Crippen LogP contribution in [0, 0.1) is 17.8 Å². The number of carbonyl (C=O) groups excluding carboxylic acids is 1. The van der Waals surface area contributed by atoms with Crippen molar-refractivity contribution < 1.29 is 4.79 Å². The maximum atomic E-state index is 12.3. The van der Waals surface area contributed by atoms with E-state index in [2.05, 4.69) is 26.1 Å². The summed E-state index contributed by atoms with van der Waals surface area (Å²) in [6.07, 6.45) is 9.18. The minimum atomic E-state index is -0.296. The molecule has 5 N–H and O–H groups in total. The Morgan fingerprint density at radius 1 is 1.00 bits per heavy atom. The maximum Gasteiger partial charge on any atom is 0.269 e. The fourth-order valence-electron chi connectivity index (χ4n) is 5.90. The molecule has 1 amide bonds. The highest BCUT2D eigenvalue weighted by atomic mass is 35.5. The third-order valence-corrected chi connectivity index (χ3v) is 6.96. The van der Waals surface area contributed by atoms with E-state index in [9.17, 15) is 4.79 Å². The number of anilines is 3. The van der Waals surface area contributed by atoms with Crippen LogP contribution in [0.3, 0.4) is 0 Å². The van der Waals surface area contributed by atoms with Gasteiger partial charge in [0.25, 0.3) is 5.91 Å². The van der Waals surface area contributed by atoms with Gasteiger partial charge in [-0.1, -0.05) is 11.6 Å². The van der Waals surface area contributed by atoms with Crippen molar-refractivity contribution in [1.82, 2.24) is 15.4 Å². The molecular weight excluding hydrogens is 388 g/mol. The van der Waals surface area contributed by atoms with E-state index in [-0.39, 0.29) is 11.4 Å². The van der Waals surface area contributed by atoms with Crippen molar-refractivity contribution in [3.8, 4) is 0 Å². The van der Waals surface area contributed by atoms with Crippen molar-refractivity contribution in [1.29, 1.82) is 0 Å². The number of nitrogens with one attached hydrogen (secondary N) is 3. The molecule has 8 heteroatoms. The van der Waals surface area contributed by atoms with Gasteiger partial charge >= 0.3 is 0 Å². The number of hydrogen-bond donors (Lipinski definition) is 4. The van der Waals surface area contributed by atoms with Gasteiger partial charge in [0.2, 0.25) is 0 Å². The van der Waals surface area contributed by atoms with E-state index in [1.165, 1.54) is 44.9 Å². The average molecular weight is 413 g/mol. The van der Waals surface area contributed by atoms with Crippen LogP contribution in [-0.2, 0) is 0 Å². The van der Waals surface area contributed by atoms with Gasteiger partial charge in [0.05, 0.1) is 0 Å². The first kappa shape index (κ1) is 18.5. The van der Waals surface area contributed by atoms with Crippen LogP contribution in [0.1, 0.15) is 48.9 Å². The Labute approximate surface area is 174 Å². The van der Waals surface area contributed by atoms with Crippen molar-refractivity contribution in [3.63, 3.8) is 0 Å². The van der Waals surface area contributed by atoms with E-state index in [1.54, 1.807) is 24.3 Å². The number of nitrogen functional groups attached to an aromatic ring is 1. The predicted octanol–water partition coefficient (Wildman–Crippen LogP) is 3.85. The fraction of sp³-hybridized carbons (Fsp3) is 0.476. The van der Waals surface area contributed by atoms with E-state index >= 15 is 0 Å². The van der Waals surface area contributed by atoms with Gasteiger partial charge < -0.3 is 11.1 Å². The summed E-state index contributed by atoms with van der Waals surface area (Å²) in [6.45, 7) is 0. The monoisotopic (exact) mass is 412 g/mol. The normalized spacial score (nSPS) is 29.5. The third kappa shape index (κ3) is 3.59. The van der Waals surface area contributed by atoms with Crippen LogP contribution >= 0.6 is 11.6 Å². The third-order valence-electron chi connectivity index (χ3n) is 6.71. The molecule has 4 aliphatic rings. The van der Waals surface area contributed by atoms with E-state index < -0.39 is 0 Å². The predicted molar refractivity (Wildman–Crippen MR) is 114 cm³/mol. The minimum absolute atomic E-state index is 0.0983. The van der Waals surface area contributed by atoms with Gasteiger partial charge in [-0.3, -0.25) is 15.6 Å². The number of hydrazine groups is 1. The lowest BCUT2D eigenvalue weighted by Gasteiger charge is -2.57. The molecule has 0 saturated heterocycles. The van der Waals surface area contributed by atoms with Crippen molar-refractivity contribution in [2.45, 2.75) is 44.1 Å². The van der Waals surface area contributed by atoms with Gasteiger partial charge in [0, 0.05) is 16.1 Å². The number of nitrogens with two attached hydrogens (primary N) is 1. The molecular formula is C21H25ClN6O.